The van der Waals surface area contributed by atoms with E-state index in [0.29, 0.717) is 20.9 Å². The average Bonchev–Trinajstić information content (AvgIpc) is 2.90. The number of carbonyl (C=O) groups is 2. The van der Waals surface area contributed by atoms with Crippen LogP contribution in [0.5, 0.6) is 0 Å². The first-order chi connectivity index (χ1) is 13.3. The Morgan fingerprint density at radius 1 is 1.25 bits per heavy atom. The van der Waals surface area contributed by atoms with Gasteiger partial charge in [0.2, 0.25) is 11.8 Å². The SMILES string of the molecule is Cc1ccc(C)c(NC(=O)CC2SC(=Nc3cccc(Cl)c3Cl)N(C)C2=O)c1. The predicted molar refractivity (Wildman–Crippen MR) is 117 cm³/mol. The molecule has 0 radical (unpaired) electrons. The third-order valence-electron chi connectivity index (χ3n) is 4.33. The second-order valence-corrected chi connectivity index (χ2v) is 8.50. The fourth-order valence-electron chi connectivity index (χ4n) is 2.72. The van der Waals surface area contributed by atoms with E-state index in [0.717, 1.165) is 16.8 Å². The van der Waals surface area contributed by atoms with Crippen molar-refractivity contribution in [1.29, 1.82) is 0 Å². The summed E-state index contributed by atoms with van der Waals surface area (Å²) in [6.07, 6.45) is 0.0590. The molecule has 146 valence electrons. The molecular weight excluding hydrogens is 417 g/mol. The molecule has 0 aliphatic carbocycles. The van der Waals surface area contributed by atoms with Crippen LogP contribution in [0.4, 0.5) is 11.4 Å². The van der Waals surface area contributed by atoms with Crippen LogP contribution in [0.15, 0.2) is 41.4 Å². The first-order valence-corrected chi connectivity index (χ1v) is 10.2. The van der Waals surface area contributed by atoms with E-state index < -0.39 is 5.25 Å². The largest absolute Gasteiger partial charge is 0.326 e. The summed E-state index contributed by atoms with van der Waals surface area (Å²) < 4.78 is 0. The number of aliphatic imine (C=N–C) groups is 1. The Morgan fingerprint density at radius 2 is 2.00 bits per heavy atom. The van der Waals surface area contributed by atoms with Crippen molar-refractivity contribution < 1.29 is 9.59 Å². The van der Waals surface area contributed by atoms with Crippen molar-refractivity contribution in [2.75, 3.05) is 12.4 Å². The maximum atomic E-state index is 12.6. The quantitative estimate of drug-likeness (QED) is 0.717. The van der Waals surface area contributed by atoms with E-state index in [4.69, 9.17) is 23.2 Å². The summed E-state index contributed by atoms with van der Waals surface area (Å²) in [6, 6.07) is 11.0. The van der Waals surface area contributed by atoms with Crippen LogP contribution < -0.4 is 5.32 Å². The number of nitrogens with one attached hydrogen (secondary N) is 1. The van der Waals surface area contributed by atoms with Crippen LogP contribution in [0.2, 0.25) is 10.0 Å². The molecule has 2 aromatic rings. The molecular formula is C20H19Cl2N3O2S. The number of rotatable bonds is 4. The molecule has 28 heavy (non-hydrogen) atoms. The van der Waals surface area contributed by atoms with Crippen molar-refractivity contribution in [1.82, 2.24) is 4.90 Å². The van der Waals surface area contributed by atoms with E-state index in [2.05, 4.69) is 10.3 Å². The third kappa shape index (κ3) is 4.51. The number of amidine groups is 1. The van der Waals surface area contributed by atoms with E-state index in [1.807, 2.05) is 32.0 Å². The number of halogens is 2. The van der Waals surface area contributed by atoms with Crippen LogP contribution in [0, 0.1) is 13.8 Å². The fourth-order valence-corrected chi connectivity index (χ4v) is 4.20. The van der Waals surface area contributed by atoms with E-state index in [-0.39, 0.29) is 18.2 Å². The molecule has 1 N–H and O–H groups in total. The van der Waals surface area contributed by atoms with Gasteiger partial charge in [0.15, 0.2) is 5.17 Å². The number of benzene rings is 2. The summed E-state index contributed by atoms with van der Waals surface area (Å²) in [5.74, 6) is -0.381. The molecule has 1 atom stereocenters. The highest BCUT2D eigenvalue weighted by Gasteiger charge is 2.37. The minimum absolute atomic E-state index is 0.0590. The number of anilines is 1. The van der Waals surface area contributed by atoms with Crippen LogP contribution in [0.1, 0.15) is 17.5 Å². The molecule has 0 spiro atoms. The predicted octanol–water partition coefficient (Wildman–Crippen LogP) is 5.20. The molecule has 1 aliphatic heterocycles. The number of hydrogen-bond donors (Lipinski definition) is 1. The molecule has 1 fully saturated rings. The monoisotopic (exact) mass is 435 g/mol. The lowest BCUT2D eigenvalue weighted by Crippen LogP contribution is -2.30. The molecule has 3 rings (SSSR count). The highest BCUT2D eigenvalue weighted by atomic mass is 35.5. The van der Waals surface area contributed by atoms with Gasteiger partial charge in [-0.1, -0.05) is 53.2 Å². The number of aryl methyl sites for hydroxylation is 2. The van der Waals surface area contributed by atoms with Gasteiger partial charge in [0.05, 0.1) is 15.7 Å². The lowest BCUT2D eigenvalue weighted by atomic mass is 10.1. The van der Waals surface area contributed by atoms with Gasteiger partial charge >= 0.3 is 0 Å². The molecule has 1 aliphatic rings. The Kier molecular flexibility index (Phi) is 6.33. The number of amides is 2. The first kappa shape index (κ1) is 20.7. The van der Waals surface area contributed by atoms with Gasteiger partial charge in [-0.3, -0.25) is 14.5 Å². The third-order valence-corrected chi connectivity index (χ3v) is 6.36. The summed E-state index contributed by atoms with van der Waals surface area (Å²) in [5, 5.41) is 3.56. The molecule has 8 heteroatoms. The van der Waals surface area contributed by atoms with Crippen molar-refractivity contribution >= 4 is 63.3 Å². The van der Waals surface area contributed by atoms with Crippen molar-refractivity contribution in [3.63, 3.8) is 0 Å². The molecule has 1 heterocycles. The maximum absolute atomic E-state index is 12.6. The average molecular weight is 436 g/mol. The Morgan fingerprint density at radius 3 is 2.75 bits per heavy atom. The summed E-state index contributed by atoms with van der Waals surface area (Å²) in [7, 11) is 1.63. The van der Waals surface area contributed by atoms with Crippen molar-refractivity contribution in [3.8, 4) is 0 Å². The standard InChI is InChI=1S/C20H19Cl2N3O2S/c1-11-7-8-12(2)15(9-11)23-17(26)10-16-19(27)25(3)20(28-16)24-14-6-4-5-13(21)18(14)22/h4-9,16H,10H2,1-3H3,(H,23,26). The Bertz CT molecular complexity index is 978. The number of carbonyl (C=O) groups excluding carboxylic acids is 2. The van der Waals surface area contributed by atoms with Crippen molar-refractivity contribution in [3.05, 3.63) is 57.6 Å². The van der Waals surface area contributed by atoms with Crippen LogP contribution in [0.3, 0.4) is 0 Å². The van der Waals surface area contributed by atoms with Crippen LogP contribution in [0.25, 0.3) is 0 Å². The van der Waals surface area contributed by atoms with Crippen LogP contribution >= 0.6 is 35.0 Å². The molecule has 5 nitrogen and oxygen atoms in total. The molecule has 0 bridgehead atoms. The van der Waals surface area contributed by atoms with E-state index in [1.54, 1.807) is 25.2 Å². The van der Waals surface area contributed by atoms with Crippen molar-refractivity contribution in [2.24, 2.45) is 4.99 Å². The maximum Gasteiger partial charge on any atom is 0.242 e. The number of thioether (sulfide) groups is 1. The minimum atomic E-state index is -0.535. The summed E-state index contributed by atoms with van der Waals surface area (Å²) >= 11 is 13.4. The van der Waals surface area contributed by atoms with Gasteiger partial charge in [0.25, 0.3) is 0 Å². The molecule has 2 aromatic carbocycles. The van der Waals surface area contributed by atoms with E-state index in [9.17, 15) is 9.59 Å². The zero-order valence-electron chi connectivity index (χ0n) is 15.6. The van der Waals surface area contributed by atoms with Gasteiger partial charge in [-0.2, -0.15) is 0 Å². The molecule has 1 saturated heterocycles. The van der Waals surface area contributed by atoms with Gasteiger partial charge in [-0.05, 0) is 43.2 Å². The van der Waals surface area contributed by atoms with Crippen molar-refractivity contribution in [2.45, 2.75) is 25.5 Å². The molecule has 0 saturated carbocycles. The van der Waals surface area contributed by atoms with Gasteiger partial charge in [0.1, 0.15) is 5.25 Å². The Labute approximate surface area is 178 Å². The zero-order valence-corrected chi connectivity index (χ0v) is 18.0. The van der Waals surface area contributed by atoms with Crippen LogP contribution in [-0.2, 0) is 9.59 Å². The topological polar surface area (TPSA) is 61.8 Å². The van der Waals surface area contributed by atoms with E-state index in [1.165, 1.54) is 16.7 Å². The van der Waals surface area contributed by atoms with Gasteiger partial charge in [-0.15, -0.1) is 0 Å². The highest BCUT2D eigenvalue weighted by Crippen LogP contribution is 2.36. The molecule has 0 aromatic heterocycles. The zero-order chi connectivity index (χ0) is 20.4. The summed E-state index contributed by atoms with van der Waals surface area (Å²) in [4.78, 5) is 30.9. The number of nitrogens with zero attached hydrogens (tertiary/aromatic N) is 2. The van der Waals surface area contributed by atoms with E-state index >= 15 is 0 Å². The summed E-state index contributed by atoms with van der Waals surface area (Å²) in [6.45, 7) is 3.89. The lowest BCUT2D eigenvalue weighted by molar-refractivity contribution is -0.127. The fraction of sp³-hybridized carbons (Fsp3) is 0.250. The number of hydrogen-bond acceptors (Lipinski definition) is 4. The minimum Gasteiger partial charge on any atom is -0.326 e. The van der Waals surface area contributed by atoms with Gasteiger partial charge in [-0.25, -0.2) is 4.99 Å². The first-order valence-electron chi connectivity index (χ1n) is 8.60. The van der Waals surface area contributed by atoms with Crippen LogP contribution in [-0.4, -0.2) is 34.2 Å². The highest BCUT2D eigenvalue weighted by molar-refractivity contribution is 8.15. The Hall–Kier alpha value is -2.02. The molecule has 2 amide bonds. The summed E-state index contributed by atoms with van der Waals surface area (Å²) in [5.41, 5.74) is 3.27. The molecule has 1 unspecified atom stereocenters. The van der Waals surface area contributed by atoms with Gasteiger partial charge < -0.3 is 5.32 Å². The Balaban J connectivity index is 1.73. The normalized spacial score (nSPS) is 18.0. The second-order valence-electron chi connectivity index (χ2n) is 6.54. The smallest absolute Gasteiger partial charge is 0.242 e. The second kappa shape index (κ2) is 8.55. The van der Waals surface area contributed by atoms with Gasteiger partial charge in [0, 0.05) is 19.2 Å². The lowest BCUT2D eigenvalue weighted by Gasteiger charge is -2.11.